The number of nitrogens with one attached hydrogen (secondary N) is 4. The van der Waals surface area contributed by atoms with E-state index in [1.807, 2.05) is 6.07 Å². The molecule has 1 atom stereocenters. The second-order valence-electron chi connectivity index (χ2n) is 12.0. The third-order valence-corrected chi connectivity index (χ3v) is 7.61. The third-order valence-electron chi connectivity index (χ3n) is 7.32. The number of anilines is 2. The first-order valence-corrected chi connectivity index (χ1v) is 13.8. The van der Waals surface area contributed by atoms with Crippen LogP contribution in [0, 0.1) is 29.6 Å². The fraction of sp³-hybridized carbons (Fsp3) is 0.414. The van der Waals surface area contributed by atoms with Gasteiger partial charge in [0.1, 0.15) is 6.07 Å². The van der Waals surface area contributed by atoms with Crippen molar-refractivity contribution in [3.8, 4) is 6.07 Å². The highest BCUT2D eigenvalue weighted by Gasteiger charge is 2.55. The zero-order valence-electron chi connectivity index (χ0n) is 23.5. The van der Waals surface area contributed by atoms with E-state index in [0.29, 0.717) is 69.2 Å². The van der Waals surface area contributed by atoms with Crippen molar-refractivity contribution in [1.82, 2.24) is 25.9 Å². The highest BCUT2D eigenvalue weighted by atomic mass is 35.5. The van der Waals surface area contributed by atoms with Crippen LogP contribution in [-0.4, -0.2) is 33.2 Å². The lowest BCUT2D eigenvalue weighted by atomic mass is 9.96. The summed E-state index contributed by atoms with van der Waals surface area (Å²) in [6.07, 6.45) is -1.41. The molecule has 3 heterocycles. The SMILES string of the molecule is Cc1nc(F)ccc1[C@H](Nc1cc(Cl)c2ncc(C#N)c(NCC(C)(C)C)c2c1)C1=CN(C2(CC(F)(F)F)CC2)NN1. The van der Waals surface area contributed by atoms with Crippen LogP contribution in [0.4, 0.5) is 28.9 Å². The fourth-order valence-electron chi connectivity index (χ4n) is 5.06. The van der Waals surface area contributed by atoms with Crippen LogP contribution in [0.25, 0.3) is 10.9 Å². The number of aromatic nitrogens is 2. The van der Waals surface area contributed by atoms with Crippen molar-refractivity contribution < 1.29 is 17.6 Å². The van der Waals surface area contributed by atoms with E-state index in [4.69, 9.17) is 11.6 Å². The lowest BCUT2D eigenvalue weighted by molar-refractivity contribution is -0.150. The number of aryl methyl sites for hydroxylation is 1. The van der Waals surface area contributed by atoms with Gasteiger partial charge in [0.05, 0.1) is 45.5 Å². The van der Waals surface area contributed by atoms with Crippen molar-refractivity contribution >= 4 is 33.9 Å². The largest absolute Gasteiger partial charge is 0.391 e. The molecule has 13 heteroatoms. The number of nitrogens with zero attached hydrogens (tertiary/aromatic N) is 4. The van der Waals surface area contributed by atoms with Crippen LogP contribution in [0.15, 0.2) is 42.4 Å². The summed E-state index contributed by atoms with van der Waals surface area (Å²) in [5.74, 6) is -0.649. The number of fused-ring (bicyclic) bond motifs is 1. The molecule has 0 bridgehead atoms. The molecule has 1 fully saturated rings. The maximum Gasteiger partial charge on any atom is 0.391 e. The Bertz CT molecular complexity index is 1590. The molecule has 0 radical (unpaired) electrons. The maximum atomic E-state index is 14.0. The Labute approximate surface area is 246 Å². The Morgan fingerprint density at radius 3 is 2.57 bits per heavy atom. The van der Waals surface area contributed by atoms with Crippen LogP contribution in [0.1, 0.15) is 62.9 Å². The van der Waals surface area contributed by atoms with Gasteiger partial charge in [-0.3, -0.25) is 9.99 Å². The van der Waals surface area contributed by atoms with Crippen LogP contribution in [0.2, 0.25) is 5.02 Å². The fourth-order valence-corrected chi connectivity index (χ4v) is 5.33. The van der Waals surface area contributed by atoms with Crippen molar-refractivity contribution in [3.05, 3.63) is 70.2 Å². The summed E-state index contributed by atoms with van der Waals surface area (Å²) in [5.41, 5.74) is 8.23. The summed E-state index contributed by atoms with van der Waals surface area (Å²) in [5, 5.41) is 19.0. The van der Waals surface area contributed by atoms with Gasteiger partial charge in [-0.1, -0.05) is 38.4 Å². The Kier molecular flexibility index (Phi) is 7.62. The summed E-state index contributed by atoms with van der Waals surface area (Å²) in [4.78, 5) is 8.36. The Morgan fingerprint density at radius 1 is 1.21 bits per heavy atom. The summed E-state index contributed by atoms with van der Waals surface area (Å²) in [6.45, 7) is 8.44. The Morgan fingerprint density at radius 2 is 1.95 bits per heavy atom. The summed E-state index contributed by atoms with van der Waals surface area (Å²) < 4.78 is 53.9. The van der Waals surface area contributed by atoms with Crippen molar-refractivity contribution in [1.29, 1.82) is 5.26 Å². The van der Waals surface area contributed by atoms with Gasteiger partial charge < -0.3 is 16.1 Å². The van der Waals surface area contributed by atoms with E-state index in [1.54, 1.807) is 25.3 Å². The topological polar surface area (TPSA) is 101 Å². The van der Waals surface area contributed by atoms with Crippen molar-refractivity contribution in [2.24, 2.45) is 5.41 Å². The first-order chi connectivity index (χ1) is 19.7. The van der Waals surface area contributed by atoms with Crippen LogP contribution in [0.3, 0.4) is 0 Å². The molecule has 0 unspecified atom stereocenters. The first kappa shape index (κ1) is 29.7. The molecule has 0 amide bonds. The molecule has 42 heavy (non-hydrogen) atoms. The molecule has 1 saturated carbocycles. The molecule has 2 aliphatic rings. The second-order valence-corrected chi connectivity index (χ2v) is 12.4. The highest BCUT2D eigenvalue weighted by Crippen LogP contribution is 2.49. The van der Waals surface area contributed by atoms with Gasteiger partial charge in [-0.25, -0.2) is 4.98 Å². The van der Waals surface area contributed by atoms with Gasteiger partial charge in [-0.15, -0.1) is 5.53 Å². The summed E-state index contributed by atoms with van der Waals surface area (Å²) >= 11 is 6.68. The maximum absolute atomic E-state index is 14.0. The van der Waals surface area contributed by atoms with Crippen LogP contribution >= 0.6 is 11.6 Å². The van der Waals surface area contributed by atoms with E-state index in [9.17, 15) is 22.8 Å². The van der Waals surface area contributed by atoms with Gasteiger partial charge in [-0.05, 0) is 43.4 Å². The third kappa shape index (κ3) is 6.32. The molecular formula is C29H31ClF4N8. The van der Waals surface area contributed by atoms with E-state index < -0.39 is 30.1 Å². The lowest BCUT2D eigenvalue weighted by Crippen LogP contribution is -2.46. The van der Waals surface area contributed by atoms with Crippen LogP contribution in [0.5, 0.6) is 0 Å². The van der Waals surface area contributed by atoms with Crippen LogP contribution in [-0.2, 0) is 0 Å². The van der Waals surface area contributed by atoms with Gasteiger partial charge in [0.15, 0.2) is 0 Å². The number of benzene rings is 1. The predicted octanol–water partition coefficient (Wildman–Crippen LogP) is 6.86. The van der Waals surface area contributed by atoms with Crippen molar-refractivity contribution in [2.45, 2.75) is 64.7 Å². The zero-order chi connectivity index (χ0) is 30.4. The molecule has 0 saturated heterocycles. The number of hydrogen-bond donors (Lipinski definition) is 4. The molecule has 1 aliphatic carbocycles. The molecule has 222 valence electrons. The van der Waals surface area contributed by atoms with E-state index in [1.165, 1.54) is 17.3 Å². The molecule has 1 aliphatic heterocycles. The van der Waals surface area contributed by atoms with Gasteiger partial charge >= 0.3 is 6.18 Å². The minimum absolute atomic E-state index is 0.0787. The van der Waals surface area contributed by atoms with Crippen LogP contribution < -0.4 is 21.6 Å². The van der Waals surface area contributed by atoms with Crippen molar-refractivity contribution in [2.75, 3.05) is 17.2 Å². The molecule has 0 spiro atoms. The average molecular weight is 603 g/mol. The second kappa shape index (κ2) is 10.8. The number of rotatable bonds is 8. The monoisotopic (exact) mass is 602 g/mol. The average Bonchev–Trinajstić information content (AvgIpc) is 3.47. The predicted molar refractivity (Wildman–Crippen MR) is 154 cm³/mol. The lowest BCUT2D eigenvalue weighted by Gasteiger charge is -2.27. The minimum atomic E-state index is -4.32. The standard InChI is InChI=1S/C29H31ClF4N8/c1-16-19(5-6-23(31)38-16)26(22-13-42(41-40-22)28(7-8-28)14-29(32,33)34)39-18-9-20-24(37-15-27(2,3)4)17(11-35)12-36-25(20)21(30)10-18/h5-6,9-10,12-13,26,39-41H,7-8,14-15H2,1-4H3,(H,36,37)/t26-/m0/s1. The summed E-state index contributed by atoms with van der Waals surface area (Å²) in [6, 6.07) is 7.81. The normalized spacial score (nSPS) is 17.0. The number of alkyl halides is 3. The molecule has 3 aromatic rings. The smallest absolute Gasteiger partial charge is 0.383 e. The van der Waals surface area contributed by atoms with E-state index in [2.05, 4.69) is 58.4 Å². The van der Waals surface area contributed by atoms with Crippen molar-refractivity contribution in [3.63, 3.8) is 0 Å². The zero-order valence-corrected chi connectivity index (χ0v) is 24.3. The number of halogens is 5. The number of nitriles is 1. The van der Waals surface area contributed by atoms with Gasteiger partial charge in [0, 0.05) is 41.3 Å². The molecule has 8 nitrogen and oxygen atoms in total. The number of hydrogen-bond acceptors (Lipinski definition) is 8. The molecule has 5 rings (SSSR count). The first-order valence-electron chi connectivity index (χ1n) is 13.4. The minimum Gasteiger partial charge on any atom is -0.383 e. The molecular weight excluding hydrogens is 572 g/mol. The molecule has 4 N–H and O–H groups in total. The molecule has 2 aromatic heterocycles. The van der Waals surface area contributed by atoms with Gasteiger partial charge in [0.25, 0.3) is 0 Å². The summed E-state index contributed by atoms with van der Waals surface area (Å²) in [7, 11) is 0. The molecule has 1 aromatic carbocycles. The Hall–Kier alpha value is -3.82. The van der Waals surface area contributed by atoms with E-state index >= 15 is 0 Å². The quantitative estimate of drug-likeness (QED) is 0.164. The number of hydrazine groups is 2. The highest BCUT2D eigenvalue weighted by molar-refractivity contribution is 6.35. The van der Waals surface area contributed by atoms with E-state index in [0.717, 1.165) is 0 Å². The van der Waals surface area contributed by atoms with Gasteiger partial charge in [-0.2, -0.15) is 22.8 Å². The van der Waals surface area contributed by atoms with Gasteiger partial charge in [0.2, 0.25) is 5.95 Å². The van der Waals surface area contributed by atoms with E-state index in [-0.39, 0.29) is 5.41 Å². The Balaban J connectivity index is 1.56. The number of pyridine rings is 2.